The fourth-order valence-corrected chi connectivity index (χ4v) is 1.53. The molecule has 4 heteroatoms. The molecule has 0 aliphatic heterocycles. The molecule has 15 heavy (non-hydrogen) atoms. The van der Waals surface area contributed by atoms with Crippen LogP contribution in [0.3, 0.4) is 0 Å². The van der Waals surface area contributed by atoms with Crippen molar-refractivity contribution in [3.05, 3.63) is 41.6 Å². The van der Waals surface area contributed by atoms with Crippen LogP contribution >= 0.6 is 0 Å². The lowest BCUT2D eigenvalue weighted by Gasteiger charge is -2.05. The Hall–Kier alpha value is -1.55. The Morgan fingerprint density at radius 3 is 2.87 bits per heavy atom. The summed E-state index contributed by atoms with van der Waals surface area (Å²) in [5.41, 5.74) is 8.09. The zero-order valence-corrected chi connectivity index (χ0v) is 8.97. The number of nitrogens with two attached hydrogens (primary N) is 1. The maximum Gasteiger partial charge on any atom is 0.101 e. The minimum atomic E-state index is -0.150. The smallest absolute Gasteiger partial charge is 0.101 e. The highest BCUT2D eigenvalue weighted by Crippen LogP contribution is 2.20. The quantitative estimate of drug-likeness (QED) is 0.832. The normalized spacial score (nSPS) is 13.0. The van der Waals surface area contributed by atoms with E-state index in [0.717, 1.165) is 23.4 Å². The fourth-order valence-electron chi connectivity index (χ4n) is 1.53. The van der Waals surface area contributed by atoms with Gasteiger partial charge in [-0.05, 0) is 19.9 Å². The molecule has 4 nitrogen and oxygen atoms in total. The number of rotatable bonds is 3. The van der Waals surface area contributed by atoms with Gasteiger partial charge in [-0.25, -0.2) is 0 Å². The predicted octanol–water partition coefficient (Wildman–Crippen LogP) is 1.85. The van der Waals surface area contributed by atoms with Crippen LogP contribution in [0.15, 0.2) is 29.1 Å². The van der Waals surface area contributed by atoms with Crippen molar-refractivity contribution >= 4 is 0 Å². The largest absolute Gasteiger partial charge is 0.469 e. The van der Waals surface area contributed by atoms with Gasteiger partial charge in [0.1, 0.15) is 5.76 Å². The molecule has 0 saturated heterocycles. The Kier molecular flexibility index (Phi) is 2.60. The molecule has 0 fully saturated rings. The molecule has 2 aromatic heterocycles. The number of furan rings is 1. The van der Waals surface area contributed by atoms with Crippen molar-refractivity contribution in [2.45, 2.75) is 26.4 Å². The summed E-state index contributed by atoms with van der Waals surface area (Å²) >= 11 is 0. The number of aromatic nitrogens is 2. The van der Waals surface area contributed by atoms with E-state index in [1.165, 1.54) is 0 Å². The third-order valence-corrected chi connectivity index (χ3v) is 2.45. The summed E-state index contributed by atoms with van der Waals surface area (Å²) in [7, 11) is 0. The average Bonchev–Trinajstić information content (AvgIpc) is 2.84. The van der Waals surface area contributed by atoms with E-state index in [2.05, 4.69) is 5.10 Å². The summed E-state index contributed by atoms with van der Waals surface area (Å²) in [6.45, 7) is 4.81. The second kappa shape index (κ2) is 3.90. The zero-order chi connectivity index (χ0) is 10.8. The molecule has 0 aliphatic rings. The van der Waals surface area contributed by atoms with Gasteiger partial charge in [0, 0.05) is 23.9 Å². The van der Waals surface area contributed by atoms with Crippen LogP contribution in [0.5, 0.6) is 0 Å². The molecule has 0 aromatic carbocycles. The van der Waals surface area contributed by atoms with Gasteiger partial charge in [0.25, 0.3) is 0 Å². The van der Waals surface area contributed by atoms with Crippen molar-refractivity contribution in [3.8, 4) is 0 Å². The minimum Gasteiger partial charge on any atom is -0.469 e. The van der Waals surface area contributed by atoms with Crippen molar-refractivity contribution in [2.75, 3.05) is 0 Å². The fraction of sp³-hybridized carbons (Fsp3) is 0.364. The summed E-state index contributed by atoms with van der Waals surface area (Å²) < 4.78 is 7.10. The molecule has 1 unspecified atom stereocenters. The first-order valence-electron chi connectivity index (χ1n) is 5.03. The summed E-state index contributed by atoms with van der Waals surface area (Å²) in [6, 6.07) is 1.80. The van der Waals surface area contributed by atoms with Crippen LogP contribution in [-0.4, -0.2) is 9.78 Å². The molecule has 0 spiro atoms. The van der Waals surface area contributed by atoms with E-state index in [1.807, 2.05) is 30.8 Å². The standard InChI is InChI=1S/C11H15N3O/c1-3-14-6-10(5-13-14)11(12)9-4-8(2)15-7-9/h4-7,11H,3,12H2,1-2H3. The summed E-state index contributed by atoms with van der Waals surface area (Å²) in [6.07, 6.45) is 5.47. The molecular weight excluding hydrogens is 190 g/mol. The molecule has 0 amide bonds. The van der Waals surface area contributed by atoms with E-state index in [1.54, 1.807) is 12.5 Å². The Bertz CT molecular complexity index is 444. The summed E-state index contributed by atoms with van der Waals surface area (Å²) in [4.78, 5) is 0. The Morgan fingerprint density at radius 1 is 1.53 bits per heavy atom. The molecule has 80 valence electrons. The number of hydrogen-bond acceptors (Lipinski definition) is 3. The van der Waals surface area contributed by atoms with Crippen LogP contribution in [-0.2, 0) is 6.54 Å². The SMILES string of the molecule is CCn1cc(C(N)c2coc(C)c2)cn1. The van der Waals surface area contributed by atoms with Crippen LogP contribution in [0.2, 0.25) is 0 Å². The van der Waals surface area contributed by atoms with Crippen molar-refractivity contribution in [1.82, 2.24) is 9.78 Å². The average molecular weight is 205 g/mol. The minimum absolute atomic E-state index is 0.150. The molecule has 0 radical (unpaired) electrons. The van der Waals surface area contributed by atoms with Crippen LogP contribution in [0.4, 0.5) is 0 Å². The van der Waals surface area contributed by atoms with Gasteiger partial charge in [-0.15, -0.1) is 0 Å². The van der Waals surface area contributed by atoms with Gasteiger partial charge < -0.3 is 10.2 Å². The van der Waals surface area contributed by atoms with Gasteiger partial charge in [0.05, 0.1) is 18.5 Å². The highest BCUT2D eigenvalue weighted by molar-refractivity contribution is 5.26. The van der Waals surface area contributed by atoms with E-state index < -0.39 is 0 Å². The van der Waals surface area contributed by atoms with Gasteiger partial charge in [-0.2, -0.15) is 5.10 Å². The molecule has 1 atom stereocenters. The Morgan fingerprint density at radius 2 is 2.33 bits per heavy atom. The van der Waals surface area contributed by atoms with E-state index in [4.69, 9.17) is 10.2 Å². The van der Waals surface area contributed by atoms with Crippen molar-refractivity contribution < 1.29 is 4.42 Å². The third kappa shape index (κ3) is 1.94. The number of aryl methyl sites for hydroxylation is 2. The van der Waals surface area contributed by atoms with Crippen LogP contribution < -0.4 is 5.73 Å². The highest BCUT2D eigenvalue weighted by Gasteiger charge is 2.12. The number of nitrogens with zero attached hydrogens (tertiary/aromatic N) is 2. The van der Waals surface area contributed by atoms with Gasteiger partial charge in [-0.3, -0.25) is 4.68 Å². The van der Waals surface area contributed by atoms with Crippen LogP contribution in [0.1, 0.15) is 29.9 Å². The maximum atomic E-state index is 6.08. The second-order valence-electron chi connectivity index (χ2n) is 3.60. The molecule has 0 saturated carbocycles. The summed E-state index contributed by atoms with van der Waals surface area (Å²) in [5, 5.41) is 4.19. The van der Waals surface area contributed by atoms with Crippen molar-refractivity contribution in [2.24, 2.45) is 5.73 Å². The Balaban J connectivity index is 2.23. The van der Waals surface area contributed by atoms with Crippen LogP contribution in [0, 0.1) is 6.92 Å². The topological polar surface area (TPSA) is 57.0 Å². The third-order valence-electron chi connectivity index (χ3n) is 2.45. The lowest BCUT2D eigenvalue weighted by Crippen LogP contribution is -2.10. The van der Waals surface area contributed by atoms with Gasteiger partial charge >= 0.3 is 0 Å². The van der Waals surface area contributed by atoms with Gasteiger partial charge in [0.15, 0.2) is 0 Å². The summed E-state index contributed by atoms with van der Waals surface area (Å²) in [5.74, 6) is 0.878. The first-order valence-corrected chi connectivity index (χ1v) is 5.03. The van der Waals surface area contributed by atoms with Crippen molar-refractivity contribution in [3.63, 3.8) is 0 Å². The lowest BCUT2D eigenvalue weighted by atomic mass is 10.1. The zero-order valence-electron chi connectivity index (χ0n) is 8.97. The van der Waals surface area contributed by atoms with Gasteiger partial charge in [-0.1, -0.05) is 0 Å². The molecule has 0 aliphatic carbocycles. The molecule has 0 bridgehead atoms. The lowest BCUT2D eigenvalue weighted by molar-refractivity contribution is 0.530. The Labute approximate surface area is 88.7 Å². The highest BCUT2D eigenvalue weighted by atomic mass is 16.3. The molecular formula is C11H15N3O. The van der Waals surface area contributed by atoms with E-state index in [0.29, 0.717) is 0 Å². The molecule has 2 aromatic rings. The van der Waals surface area contributed by atoms with E-state index in [9.17, 15) is 0 Å². The van der Waals surface area contributed by atoms with E-state index in [-0.39, 0.29) is 6.04 Å². The second-order valence-corrected chi connectivity index (χ2v) is 3.60. The number of hydrogen-bond donors (Lipinski definition) is 1. The monoisotopic (exact) mass is 205 g/mol. The predicted molar refractivity (Wildman–Crippen MR) is 57.4 cm³/mol. The van der Waals surface area contributed by atoms with Crippen LogP contribution in [0.25, 0.3) is 0 Å². The van der Waals surface area contributed by atoms with Crippen molar-refractivity contribution in [1.29, 1.82) is 0 Å². The van der Waals surface area contributed by atoms with Gasteiger partial charge in [0.2, 0.25) is 0 Å². The molecule has 2 rings (SSSR count). The molecule has 2 heterocycles. The molecule has 2 N–H and O–H groups in total. The first kappa shape index (κ1) is 9.98. The first-order chi connectivity index (χ1) is 7.20. The maximum absolute atomic E-state index is 6.08. The van der Waals surface area contributed by atoms with E-state index >= 15 is 0 Å².